The first kappa shape index (κ1) is 15.6. The Balaban J connectivity index is 1.63. The molecule has 2 amide bonds. The molecule has 2 fully saturated rings. The number of carbonyl (C=O) groups is 2. The maximum Gasteiger partial charge on any atom is 0.340 e. The second kappa shape index (κ2) is 6.89. The SMILES string of the molecule is CCOC(=O)c1ccccc1N1CCN(C(=O)NC2CC2)CC1. The molecule has 6 heteroatoms. The Bertz CT molecular complexity index is 578. The Kier molecular flexibility index (Phi) is 4.69. The molecule has 1 aliphatic carbocycles. The van der Waals surface area contributed by atoms with E-state index in [0.29, 0.717) is 44.4 Å². The van der Waals surface area contributed by atoms with Gasteiger partial charge in [-0.1, -0.05) is 12.1 Å². The maximum atomic E-state index is 12.1. The van der Waals surface area contributed by atoms with E-state index in [1.807, 2.05) is 23.1 Å². The quantitative estimate of drug-likeness (QED) is 0.861. The van der Waals surface area contributed by atoms with Gasteiger partial charge in [-0.25, -0.2) is 9.59 Å². The molecule has 2 aliphatic rings. The number of nitrogens with zero attached hydrogens (tertiary/aromatic N) is 2. The Morgan fingerprint density at radius 2 is 1.87 bits per heavy atom. The number of urea groups is 1. The lowest BCUT2D eigenvalue weighted by Gasteiger charge is -2.36. The van der Waals surface area contributed by atoms with Crippen LogP contribution in [0.15, 0.2) is 24.3 Å². The Morgan fingerprint density at radius 3 is 2.52 bits per heavy atom. The molecular weight excluding hydrogens is 294 g/mol. The number of piperazine rings is 1. The molecule has 0 aromatic heterocycles. The van der Waals surface area contributed by atoms with Crippen molar-refractivity contribution in [2.24, 2.45) is 0 Å². The molecule has 1 N–H and O–H groups in total. The number of rotatable bonds is 4. The number of hydrogen-bond donors (Lipinski definition) is 1. The molecule has 3 rings (SSSR count). The minimum absolute atomic E-state index is 0.0332. The summed E-state index contributed by atoms with van der Waals surface area (Å²) in [6.45, 7) is 4.93. The number of nitrogens with one attached hydrogen (secondary N) is 1. The molecule has 1 aromatic rings. The van der Waals surface area contributed by atoms with E-state index >= 15 is 0 Å². The summed E-state index contributed by atoms with van der Waals surface area (Å²) in [5, 5.41) is 3.02. The molecule has 0 unspecified atom stereocenters. The second-order valence-corrected chi connectivity index (χ2v) is 5.94. The highest BCUT2D eigenvalue weighted by molar-refractivity contribution is 5.96. The monoisotopic (exact) mass is 317 g/mol. The minimum Gasteiger partial charge on any atom is -0.462 e. The van der Waals surface area contributed by atoms with Gasteiger partial charge in [0.05, 0.1) is 17.9 Å². The standard InChI is InChI=1S/C17H23N3O3/c1-2-23-16(21)14-5-3-4-6-15(14)19-9-11-20(12-10-19)17(22)18-13-7-8-13/h3-6,13H,2,7-12H2,1H3,(H,18,22). The van der Waals surface area contributed by atoms with Crippen molar-refractivity contribution in [2.45, 2.75) is 25.8 Å². The molecule has 124 valence electrons. The highest BCUT2D eigenvalue weighted by atomic mass is 16.5. The Labute approximate surface area is 136 Å². The topological polar surface area (TPSA) is 61.9 Å². The van der Waals surface area contributed by atoms with Crippen LogP contribution in [0.4, 0.5) is 10.5 Å². The summed E-state index contributed by atoms with van der Waals surface area (Å²) in [6.07, 6.45) is 2.19. The van der Waals surface area contributed by atoms with Crippen molar-refractivity contribution < 1.29 is 14.3 Å². The fraction of sp³-hybridized carbons (Fsp3) is 0.529. The zero-order valence-corrected chi connectivity index (χ0v) is 13.5. The molecule has 1 aromatic carbocycles. The maximum absolute atomic E-state index is 12.1. The summed E-state index contributed by atoms with van der Waals surface area (Å²) >= 11 is 0. The second-order valence-electron chi connectivity index (χ2n) is 5.94. The minimum atomic E-state index is -0.294. The first-order valence-corrected chi connectivity index (χ1v) is 8.25. The van der Waals surface area contributed by atoms with Crippen LogP contribution >= 0.6 is 0 Å². The van der Waals surface area contributed by atoms with Crippen LogP contribution in [0.3, 0.4) is 0 Å². The fourth-order valence-electron chi connectivity index (χ4n) is 2.77. The lowest BCUT2D eigenvalue weighted by atomic mass is 10.1. The molecule has 0 atom stereocenters. The van der Waals surface area contributed by atoms with Gasteiger partial charge in [-0.15, -0.1) is 0 Å². The summed E-state index contributed by atoms with van der Waals surface area (Å²) in [5.74, 6) is -0.294. The van der Waals surface area contributed by atoms with Crippen molar-refractivity contribution in [1.29, 1.82) is 0 Å². The third kappa shape index (κ3) is 3.75. The Hall–Kier alpha value is -2.24. The van der Waals surface area contributed by atoms with Crippen molar-refractivity contribution in [3.63, 3.8) is 0 Å². The largest absolute Gasteiger partial charge is 0.462 e. The highest BCUT2D eigenvalue weighted by Crippen LogP contribution is 2.23. The average Bonchev–Trinajstić information content (AvgIpc) is 3.39. The van der Waals surface area contributed by atoms with Crippen molar-refractivity contribution in [3.8, 4) is 0 Å². The number of para-hydroxylation sites is 1. The van der Waals surface area contributed by atoms with Crippen LogP contribution in [0.1, 0.15) is 30.1 Å². The predicted octanol–water partition coefficient (Wildman–Crippen LogP) is 1.86. The molecule has 1 aliphatic heterocycles. The number of anilines is 1. The van der Waals surface area contributed by atoms with Gasteiger partial charge < -0.3 is 19.9 Å². The van der Waals surface area contributed by atoms with Gasteiger partial charge >= 0.3 is 12.0 Å². The average molecular weight is 317 g/mol. The van der Waals surface area contributed by atoms with Gasteiger partial charge in [-0.3, -0.25) is 0 Å². The summed E-state index contributed by atoms with van der Waals surface area (Å²) in [6, 6.07) is 7.90. The zero-order chi connectivity index (χ0) is 16.2. The summed E-state index contributed by atoms with van der Waals surface area (Å²) in [7, 11) is 0. The van der Waals surface area contributed by atoms with Gasteiger partial charge in [0.15, 0.2) is 0 Å². The molecule has 0 spiro atoms. The van der Waals surface area contributed by atoms with Gasteiger partial charge in [-0.05, 0) is 31.9 Å². The van der Waals surface area contributed by atoms with Crippen molar-refractivity contribution >= 4 is 17.7 Å². The van der Waals surface area contributed by atoms with E-state index in [2.05, 4.69) is 10.2 Å². The van der Waals surface area contributed by atoms with E-state index in [-0.39, 0.29) is 12.0 Å². The third-order valence-corrected chi connectivity index (χ3v) is 4.21. The number of amides is 2. The summed E-state index contributed by atoms with van der Waals surface area (Å²) in [4.78, 5) is 28.2. The predicted molar refractivity (Wildman–Crippen MR) is 87.7 cm³/mol. The zero-order valence-electron chi connectivity index (χ0n) is 13.5. The molecule has 23 heavy (non-hydrogen) atoms. The van der Waals surface area contributed by atoms with Crippen LogP contribution in [0.2, 0.25) is 0 Å². The van der Waals surface area contributed by atoms with E-state index in [1.54, 1.807) is 13.0 Å². The first-order valence-electron chi connectivity index (χ1n) is 8.25. The van der Waals surface area contributed by atoms with Gasteiger partial charge in [0, 0.05) is 32.2 Å². The van der Waals surface area contributed by atoms with E-state index in [0.717, 1.165) is 18.5 Å². The molecule has 0 radical (unpaired) electrons. The number of ether oxygens (including phenoxy) is 1. The van der Waals surface area contributed by atoms with Gasteiger partial charge in [-0.2, -0.15) is 0 Å². The van der Waals surface area contributed by atoms with E-state index in [1.165, 1.54) is 0 Å². The molecule has 1 saturated carbocycles. The van der Waals surface area contributed by atoms with Crippen LogP contribution in [0, 0.1) is 0 Å². The number of carbonyl (C=O) groups excluding carboxylic acids is 2. The number of benzene rings is 1. The van der Waals surface area contributed by atoms with Crippen LogP contribution in [0.5, 0.6) is 0 Å². The van der Waals surface area contributed by atoms with Gasteiger partial charge in [0.2, 0.25) is 0 Å². The third-order valence-electron chi connectivity index (χ3n) is 4.21. The lowest BCUT2D eigenvalue weighted by Crippen LogP contribution is -2.52. The van der Waals surface area contributed by atoms with E-state index in [9.17, 15) is 9.59 Å². The van der Waals surface area contributed by atoms with Crippen molar-refractivity contribution in [1.82, 2.24) is 10.2 Å². The molecular formula is C17H23N3O3. The fourth-order valence-corrected chi connectivity index (χ4v) is 2.77. The van der Waals surface area contributed by atoms with E-state index < -0.39 is 0 Å². The van der Waals surface area contributed by atoms with Crippen LogP contribution < -0.4 is 10.2 Å². The van der Waals surface area contributed by atoms with Gasteiger partial charge in [0.1, 0.15) is 0 Å². The van der Waals surface area contributed by atoms with Crippen LogP contribution in [0.25, 0.3) is 0 Å². The van der Waals surface area contributed by atoms with Crippen molar-refractivity contribution in [2.75, 3.05) is 37.7 Å². The summed E-state index contributed by atoms with van der Waals surface area (Å²) in [5.41, 5.74) is 1.47. The van der Waals surface area contributed by atoms with Gasteiger partial charge in [0.25, 0.3) is 0 Å². The highest BCUT2D eigenvalue weighted by Gasteiger charge is 2.28. The molecule has 1 saturated heterocycles. The lowest BCUT2D eigenvalue weighted by molar-refractivity contribution is 0.0527. The Morgan fingerprint density at radius 1 is 1.17 bits per heavy atom. The first-order chi connectivity index (χ1) is 11.2. The van der Waals surface area contributed by atoms with E-state index in [4.69, 9.17) is 4.74 Å². The molecule has 1 heterocycles. The smallest absolute Gasteiger partial charge is 0.340 e. The summed E-state index contributed by atoms with van der Waals surface area (Å²) < 4.78 is 5.13. The van der Waals surface area contributed by atoms with Crippen LogP contribution in [-0.4, -0.2) is 55.7 Å². The molecule has 6 nitrogen and oxygen atoms in total. The number of esters is 1. The normalized spacial score (nSPS) is 17.8. The number of hydrogen-bond acceptors (Lipinski definition) is 4. The van der Waals surface area contributed by atoms with Crippen molar-refractivity contribution in [3.05, 3.63) is 29.8 Å². The van der Waals surface area contributed by atoms with Crippen LogP contribution in [-0.2, 0) is 4.74 Å². The molecule has 0 bridgehead atoms.